The molecule has 0 saturated carbocycles. The summed E-state index contributed by atoms with van der Waals surface area (Å²) in [5, 5.41) is 6.60. The van der Waals surface area contributed by atoms with Gasteiger partial charge in [-0.1, -0.05) is 50.6 Å². The smallest absolute Gasteiger partial charge is 0.332 e. The predicted molar refractivity (Wildman–Crippen MR) is 122 cm³/mol. The normalized spacial score (nSPS) is 11.7. The summed E-state index contributed by atoms with van der Waals surface area (Å²) in [6.07, 6.45) is 0. The van der Waals surface area contributed by atoms with Crippen LogP contribution in [0.5, 0.6) is 0 Å². The van der Waals surface area contributed by atoms with Gasteiger partial charge in [-0.2, -0.15) is 4.98 Å². The van der Waals surface area contributed by atoms with Gasteiger partial charge in [0.2, 0.25) is 11.9 Å². The molecule has 3 rings (SSSR count). The molecule has 0 aliphatic heterocycles. The van der Waals surface area contributed by atoms with E-state index in [2.05, 4.69) is 15.6 Å². The Morgan fingerprint density at radius 1 is 1.10 bits per heavy atom. The maximum Gasteiger partial charge on any atom is 0.332 e. The Kier molecular flexibility index (Phi) is 6.26. The molecule has 2 heterocycles. The van der Waals surface area contributed by atoms with Crippen molar-refractivity contribution in [3.63, 3.8) is 0 Å². The minimum atomic E-state index is -0.484. The van der Waals surface area contributed by atoms with Gasteiger partial charge in [-0.3, -0.25) is 23.3 Å². The van der Waals surface area contributed by atoms with Crippen LogP contribution in [0.25, 0.3) is 11.2 Å². The standard InChI is InChI=1S/C21H27ClN6O3/c1-21(2,3)18(30)23-10-11-24-19-25-16-15(17(29)27(5)20(31)26(16)4)28(19)12-13-8-6-7-9-14(13)22/h6-9H,10-12H2,1-5H3,(H,23,30)(H,24,25). The maximum atomic E-state index is 12.9. The number of benzene rings is 1. The van der Waals surface area contributed by atoms with Crippen molar-refractivity contribution in [1.82, 2.24) is 24.0 Å². The highest BCUT2D eigenvalue weighted by Gasteiger charge is 2.21. The molecule has 1 amide bonds. The molecule has 166 valence electrons. The second kappa shape index (κ2) is 8.58. The zero-order valence-corrected chi connectivity index (χ0v) is 19.1. The van der Waals surface area contributed by atoms with E-state index in [0.29, 0.717) is 36.1 Å². The lowest BCUT2D eigenvalue weighted by Gasteiger charge is -2.18. The van der Waals surface area contributed by atoms with Gasteiger partial charge in [-0.15, -0.1) is 0 Å². The average Bonchev–Trinajstić information content (AvgIpc) is 3.07. The van der Waals surface area contributed by atoms with Gasteiger partial charge < -0.3 is 10.6 Å². The highest BCUT2D eigenvalue weighted by Crippen LogP contribution is 2.22. The number of aromatic nitrogens is 4. The van der Waals surface area contributed by atoms with Crippen LogP contribution in [0.15, 0.2) is 33.9 Å². The molecule has 31 heavy (non-hydrogen) atoms. The fourth-order valence-corrected chi connectivity index (χ4v) is 3.34. The number of amides is 1. The highest BCUT2D eigenvalue weighted by molar-refractivity contribution is 6.31. The molecule has 0 unspecified atom stereocenters. The Bertz CT molecular complexity index is 1250. The molecule has 2 aromatic heterocycles. The van der Waals surface area contributed by atoms with Crippen LogP contribution in [0.2, 0.25) is 5.02 Å². The number of imidazole rings is 1. The van der Waals surface area contributed by atoms with Gasteiger partial charge in [0, 0.05) is 37.6 Å². The van der Waals surface area contributed by atoms with E-state index in [-0.39, 0.29) is 11.6 Å². The molecule has 2 N–H and O–H groups in total. The van der Waals surface area contributed by atoms with E-state index in [9.17, 15) is 14.4 Å². The molecule has 0 radical (unpaired) electrons. The van der Waals surface area contributed by atoms with Crippen molar-refractivity contribution < 1.29 is 4.79 Å². The number of nitrogens with one attached hydrogen (secondary N) is 2. The minimum Gasteiger partial charge on any atom is -0.354 e. The maximum absolute atomic E-state index is 12.9. The molecule has 1 aromatic carbocycles. The van der Waals surface area contributed by atoms with E-state index in [1.807, 2.05) is 39.0 Å². The Morgan fingerprint density at radius 3 is 2.42 bits per heavy atom. The number of hydrogen-bond acceptors (Lipinski definition) is 5. The topological polar surface area (TPSA) is 103 Å². The number of anilines is 1. The van der Waals surface area contributed by atoms with Gasteiger partial charge in [0.05, 0.1) is 6.54 Å². The zero-order valence-electron chi connectivity index (χ0n) is 18.3. The van der Waals surface area contributed by atoms with Crippen molar-refractivity contribution in [1.29, 1.82) is 0 Å². The first-order valence-electron chi connectivity index (χ1n) is 9.94. The van der Waals surface area contributed by atoms with Crippen molar-refractivity contribution in [2.75, 3.05) is 18.4 Å². The van der Waals surface area contributed by atoms with Crippen LogP contribution >= 0.6 is 11.6 Å². The van der Waals surface area contributed by atoms with Crippen molar-refractivity contribution >= 4 is 34.6 Å². The van der Waals surface area contributed by atoms with Crippen LogP contribution in [0.1, 0.15) is 26.3 Å². The Morgan fingerprint density at radius 2 is 1.77 bits per heavy atom. The minimum absolute atomic E-state index is 0.0601. The van der Waals surface area contributed by atoms with E-state index >= 15 is 0 Å². The molecule has 0 spiro atoms. The lowest BCUT2D eigenvalue weighted by atomic mass is 9.96. The third-order valence-electron chi connectivity index (χ3n) is 5.01. The predicted octanol–water partition coefficient (Wildman–Crippen LogP) is 1.71. The zero-order chi connectivity index (χ0) is 22.9. The summed E-state index contributed by atoms with van der Waals surface area (Å²) in [7, 11) is 3.01. The molecule has 0 fully saturated rings. The molecule has 0 aliphatic rings. The van der Waals surface area contributed by atoms with Gasteiger partial charge in [-0.05, 0) is 11.6 Å². The highest BCUT2D eigenvalue weighted by atomic mass is 35.5. The van der Waals surface area contributed by atoms with Crippen molar-refractivity contribution in [3.05, 3.63) is 55.7 Å². The Labute approximate surface area is 184 Å². The number of nitrogens with zero attached hydrogens (tertiary/aromatic N) is 4. The quantitative estimate of drug-likeness (QED) is 0.561. The first-order chi connectivity index (χ1) is 14.5. The SMILES string of the molecule is Cn1c(=O)c2c(nc(NCCNC(=O)C(C)(C)C)n2Cc2ccccc2Cl)n(C)c1=O. The molecule has 0 saturated heterocycles. The van der Waals surface area contributed by atoms with E-state index in [0.717, 1.165) is 10.1 Å². The summed E-state index contributed by atoms with van der Waals surface area (Å²) in [6.45, 7) is 6.59. The van der Waals surface area contributed by atoms with E-state index < -0.39 is 16.7 Å². The van der Waals surface area contributed by atoms with E-state index in [4.69, 9.17) is 11.6 Å². The number of carbonyl (C=O) groups excluding carboxylic acids is 1. The van der Waals surface area contributed by atoms with Crippen LogP contribution in [0.3, 0.4) is 0 Å². The summed E-state index contributed by atoms with van der Waals surface area (Å²) in [5.74, 6) is 0.355. The molecule has 0 aliphatic carbocycles. The van der Waals surface area contributed by atoms with Gasteiger partial charge in [0.15, 0.2) is 11.2 Å². The monoisotopic (exact) mass is 446 g/mol. The van der Waals surface area contributed by atoms with Crippen LogP contribution < -0.4 is 21.9 Å². The summed E-state index contributed by atoms with van der Waals surface area (Å²) < 4.78 is 4.11. The summed E-state index contributed by atoms with van der Waals surface area (Å²) >= 11 is 6.34. The average molecular weight is 447 g/mol. The van der Waals surface area contributed by atoms with Crippen molar-refractivity contribution in [3.8, 4) is 0 Å². The third-order valence-corrected chi connectivity index (χ3v) is 5.38. The van der Waals surface area contributed by atoms with Gasteiger partial charge in [0.25, 0.3) is 5.56 Å². The Balaban J connectivity index is 2.00. The summed E-state index contributed by atoms with van der Waals surface area (Å²) in [5.41, 5.74) is 0.00743. The number of rotatable bonds is 6. The number of hydrogen-bond donors (Lipinski definition) is 2. The second-order valence-corrected chi connectivity index (χ2v) is 8.83. The van der Waals surface area contributed by atoms with Crippen LogP contribution in [-0.4, -0.2) is 37.7 Å². The molecular weight excluding hydrogens is 420 g/mol. The van der Waals surface area contributed by atoms with Gasteiger partial charge in [-0.25, -0.2) is 4.79 Å². The molecule has 9 nitrogen and oxygen atoms in total. The molecular formula is C21H27ClN6O3. The molecule has 0 bridgehead atoms. The lowest BCUT2D eigenvalue weighted by Crippen LogP contribution is -2.37. The fourth-order valence-electron chi connectivity index (χ4n) is 3.15. The van der Waals surface area contributed by atoms with Crippen LogP contribution in [0, 0.1) is 5.41 Å². The number of aryl methyl sites for hydroxylation is 1. The molecule has 10 heteroatoms. The van der Waals surface area contributed by atoms with Crippen LogP contribution in [0.4, 0.5) is 5.95 Å². The fraction of sp³-hybridized carbons (Fsp3) is 0.429. The number of fused-ring (bicyclic) bond motifs is 1. The van der Waals surface area contributed by atoms with Crippen LogP contribution in [-0.2, 0) is 25.4 Å². The first kappa shape index (κ1) is 22.6. The van der Waals surface area contributed by atoms with Gasteiger partial charge >= 0.3 is 5.69 Å². The number of carbonyl (C=O) groups is 1. The lowest BCUT2D eigenvalue weighted by molar-refractivity contribution is -0.128. The van der Waals surface area contributed by atoms with Crippen molar-refractivity contribution in [2.24, 2.45) is 19.5 Å². The first-order valence-corrected chi connectivity index (χ1v) is 10.3. The van der Waals surface area contributed by atoms with Crippen molar-refractivity contribution in [2.45, 2.75) is 27.3 Å². The number of halogens is 1. The third kappa shape index (κ3) is 4.51. The summed E-state index contributed by atoms with van der Waals surface area (Å²) in [6, 6.07) is 7.34. The largest absolute Gasteiger partial charge is 0.354 e. The van der Waals surface area contributed by atoms with E-state index in [1.165, 1.54) is 11.6 Å². The molecule has 0 atom stereocenters. The van der Waals surface area contributed by atoms with E-state index in [1.54, 1.807) is 17.7 Å². The molecule has 3 aromatic rings. The second-order valence-electron chi connectivity index (χ2n) is 8.42. The summed E-state index contributed by atoms with van der Waals surface area (Å²) in [4.78, 5) is 41.8. The van der Waals surface area contributed by atoms with Gasteiger partial charge in [0.1, 0.15) is 0 Å². The Hall–Kier alpha value is -3.07.